The van der Waals surface area contributed by atoms with E-state index < -0.39 is 12.1 Å². The molecular formula is C14H25ClN2O3. The standard InChI is InChI=1S/C14H24N2O3.ClH/c1-9-13(12(17)8-19-9)16-14(18)11(15)7-10-5-3-2-4-6-10;/h9-11,13H,2-8,15H2,1H3,(H,16,18);1H/t9-,11?,13-;/m0./s1. The van der Waals surface area contributed by atoms with Gasteiger partial charge in [0.25, 0.3) is 0 Å². The molecule has 2 aliphatic rings. The van der Waals surface area contributed by atoms with Gasteiger partial charge in [-0.3, -0.25) is 9.59 Å². The van der Waals surface area contributed by atoms with Crippen molar-refractivity contribution in [3.8, 4) is 0 Å². The lowest BCUT2D eigenvalue weighted by Gasteiger charge is -2.25. The van der Waals surface area contributed by atoms with Crippen LogP contribution in [0.5, 0.6) is 0 Å². The van der Waals surface area contributed by atoms with Gasteiger partial charge in [0.15, 0.2) is 5.78 Å². The van der Waals surface area contributed by atoms with Crippen molar-refractivity contribution in [2.24, 2.45) is 11.7 Å². The lowest BCUT2D eigenvalue weighted by atomic mass is 9.85. The fourth-order valence-electron chi connectivity index (χ4n) is 3.01. The monoisotopic (exact) mass is 304 g/mol. The van der Waals surface area contributed by atoms with Gasteiger partial charge in [0.2, 0.25) is 5.91 Å². The SMILES string of the molecule is C[C@@H]1OCC(=O)[C@H]1NC(=O)C(N)CC1CCCCC1.Cl. The molecule has 1 saturated heterocycles. The van der Waals surface area contributed by atoms with E-state index in [-0.39, 0.29) is 36.8 Å². The number of hydrogen-bond donors (Lipinski definition) is 2. The molecule has 1 amide bonds. The molecule has 3 N–H and O–H groups in total. The largest absolute Gasteiger partial charge is 0.368 e. The van der Waals surface area contributed by atoms with Gasteiger partial charge < -0.3 is 15.8 Å². The number of amides is 1. The highest BCUT2D eigenvalue weighted by Gasteiger charge is 2.35. The highest BCUT2D eigenvalue weighted by atomic mass is 35.5. The normalized spacial score (nSPS) is 28.8. The molecule has 3 atom stereocenters. The van der Waals surface area contributed by atoms with Crippen LogP contribution < -0.4 is 11.1 Å². The number of nitrogens with one attached hydrogen (secondary N) is 1. The van der Waals surface area contributed by atoms with Gasteiger partial charge in [0, 0.05) is 0 Å². The number of rotatable bonds is 4. The molecule has 116 valence electrons. The molecule has 0 spiro atoms. The molecule has 0 aromatic carbocycles. The molecule has 2 fully saturated rings. The number of halogens is 1. The van der Waals surface area contributed by atoms with Crippen LogP contribution in [0.4, 0.5) is 0 Å². The predicted octanol–water partition coefficient (Wildman–Crippen LogP) is 1.18. The smallest absolute Gasteiger partial charge is 0.237 e. The summed E-state index contributed by atoms with van der Waals surface area (Å²) < 4.78 is 5.20. The fraction of sp³-hybridized carbons (Fsp3) is 0.857. The van der Waals surface area contributed by atoms with Crippen molar-refractivity contribution < 1.29 is 14.3 Å². The summed E-state index contributed by atoms with van der Waals surface area (Å²) >= 11 is 0. The molecule has 0 bridgehead atoms. The number of hydrogen-bond acceptors (Lipinski definition) is 4. The van der Waals surface area contributed by atoms with Crippen LogP contribution in [0.15, 0.2) is 0 Å². The number of carbonyl (C=O) groups excluding carboxylic acids is 2. The predicted molar refractivity (Wildman–Crippen MR) is 78.8 cm³/mol. The van der Waals surface area contributed by atoms with Gasteiger partial charge in [0.1, 0.15) is 12.6 Å². The number of nitrogens with two attached hydrogens (primary N) is 1. The quantitative estimate of drug-likeness (QED) is 0.817. The lowest BCUT2D eigenvalue weighted by Crippen LogP contribution is -2.50. The Kier molecular flexibility index (Phi) is 6.92. The van der Waals surface area contributed by atoms with Gasteiger partial charge in [-0.15, -0.1) is 12.4 Å². The zero-order valence-corrected chi connectivity index (χ0v) is 12.8. The van der Waals surface area contributed by atoms with Crippen molar-refractivity contribution in [2.45, 2.75) is 63.6 Å². The van der Waals surface area contributed by atoms with Crippen molar-refractivity contribution >= 4 is 24.1 Å². The summed E-state index contributed by atoms with van der Waals surface area (Å²) in [6, 6.07) is -1.03. The van der Waals surface area contributed by atoms with E-state index in [4.69, 9.17) is 10.5 Å². The number of ether oxygens (including phenoxy) is 1. The minimum Gasteiger partial charge on any atom is -0.368 e. The first kappa shape index (κ1) is 17.4. The van der Waals surface area contributed by atoms with E-state index in [1.807, 2.05) is 0 Å². The van der Waals surface area contributed by atoms with Crippen LogP contribution >= 0.6 is 12.4 Å². The first-order valence-corrected chi connectivity index (χ1v) is 7.28. The molecule has 2 rings (SSSR count). The van der Waals surface area contributed by atoms with E-state index in [9.17, 15) is 9.59 Å². The zero-order chi connectivity index (χ0) is 13.8. The maximum absolute atomic E-state index is 12.0. The Morgan fingerprint density at radius 3 is 2.60 bits per heavy atom. The molecule has 5 nitrogen and oxygen atoms in total. The minimum absolute atomic E-state index is 0. The first-order chi connectivity index (χ1) is 9.08. The van der Waals surface area contributed by atoms with E-state index in [1.54, 1.807) is 6.92 Å². The molecular weight excluding hydrogens is 280 g/mol. The van der Waals surface area contributed by atoms with Crippen LogP contribution in [0.1, 0.15) is 45.4 Å². The van der Waals surface area contributed by atoms with E-state index in [2.05, 4.69) is 5.32 Å². The first-order valence-electron chi connectivity index (χ1n) is 7.28. The molecule has 1 unspecified atom stereocenters. The minimum atomic E-state index is -0.523. The van der Waals surface area contributed by atoms with Gasteiger partial charge in [-0.05, 0) is 19.3 Å². The number of carbonyl (C=O) groups is 2. The van der Waals surface area contributed by atoms with E-state index in [0.717, 1.165) is 6.42 Å². The Morgan fingerprint density at radius 2 is 2.05 bits per heavy atom. The van der Waals surface area contributed by atoms with Crippen molar-refractivity contribution in [3.05, 3.63) is 0 Å². The number of ketones is 1. The van der Waals surface area contributed by atoms with Crippen LogP contribution in [0.2, 0.25) is 0 Å². The summed E-state index contributed by atoms with van der Waals surface area (Å²) in [7, 11) is 0. The van der Waals surface area contributed by atoms with Gasteiger partial charge in [-0.25, -0.2) is 0 Å². The maximum Gasteiger partial charge on any atom is 0.237 e. The highest BCUT2D eigenvalue weighted by Crippen LogP contribution is 2.27. The Bertz CT molecular complexity index is 345. The second kappa shape index (κ2) is 7.96. The van der Waals surface area contributed by atoms with Crippen molar-refractivity contribution in [3.63, 3.8) is 0 Å². The van der Waals surface area contributed by atoms with Crippen LogP contribution in [0.25, 0.3) is 0 Å². The van der Waals surface area contributed by atoms with Crippen LogP contribution in [0, 0.1) is 5.92 Å². The molecule has 1 saturated carbocycles. The van der Waals surface area contributed by atoms with E-state index in [0.29, 0.717) is 5.92 Å². The summed E-state index contributed by atoms with van der Waals surface area (Å²) in [6.07, 6.45) is 6.59. The Labute approximate surface area is 126 Å². The fourth-order valence-corrected chi connectivity index (χ4v) is 3.01. The van der Waals surface area contributed by atoms with Gasteiger partial charge >= 0.3 is 0 Å². The van der Waals surface area contributed by atoms with Gasteiger partial charge in [0.05, 0.1) is 12.1 Å². The van der Waals surface area contributed by atoms with E-state index in [1.165, 1.54) is 32.1 Å². The van der Waals surface area contributed by atoms with E-state index >= 15 is 0 Å². The second-order valence-corrected chi connectivity index (χ2v) is 5.81. The Morgan fingerprint density at radius 1 is 1.40 bits per heavy atom. The summed E-state index contributed by atoms with van der Waals surface area (Å²) in [5, 5.41) is 2.73. The lowest BCUT2D eigenvalue weighted by molar-refractivity contribution is -0.127. The molecule has 1 aliphatic carbocycles. The third-order valence-electron chi connectivity index (χ3n) is 4.25. The van der Waals surface area contributed by atoms with Crippen molar-refractivity contribution in [1.82, 2.24) is 5.32 Å². The average Bonchev–Trinajstić information content (AvgIpc) is 2.71. The molecule has 20 heavy (non-hydrogen) atoms. The van der Waals surface area contributed by atoms with Crippen LogP contribution in [-0.4, -0.2) is 36.5 Å². The molecule has 1 heterocycles. The van der Waals surface area contributed by atoms with Gasteiger partial charge in [-0.2, -0.15) is 0 Å². The average molecular weight is 305 g/mol. The van der Waals surface area contributed by atoms with Crippen LogP contribution in [0.3, 0.4) is 0 Å². The van der Waals surface area contributed by atoms with Crippen molar-refractivity contribution in [2.75, 3.05) is 6.61 Å². The summed E-state index contributed by atoms with van der Waals surface area (Å²) in [5.41, 5.74) is 5.95. The third-order valence-corrected chi connectivity index (χ3v) is 4.25. The highest BCUT2D eigenvalue weighted by molar-refractivity contribution is 5.93. The third kappa shape index (κ3) is 4.43. The van der Waals surface area contributed by atoms with Crippen molar-refractivity contribution in [1.29, 1.82) is 0 Å². The second-order valence-electron chi connectivity index (χ2n) is 5.81. The molecule has 0 aromatic heterocycles. The Hall–Kier alpha value is -0.650. The molecule has 0 aromatic rings. The molecule has 0 radical (unpaired) electrons. The summed E-state index contributed by atoms with van der Waals surface area (Å²) in [4.78, 5) is 23.6. The molecule has 1 aliphatic heterocycles. The Balaban J connectivity index is 0.00000200. The summed E-state index contributed by atoms with van der Waals surface area (Å²) in [5.74, 6) is 0.273. The maximum atomic E-state index is 12.0. The van der Waals surface area contributed by atoms with Gasteiger partial charge in [-0.1, -0.05) is 32.1 Å². The zero-order valence-electron chi connectivity index (χ0n) is 12.0. The molecule has 6 heteroatoms. The summed E-state index contributed by atoms with van der Waals surface area (Å²) in [6.45, 7) is 1.88. The number of Topliss-reactive ketones (excluding diaryl/α,β-unsaturated/α-hetero) is 1. The topological polar surface area (TPSA) is 81.4 Å². The van der Waals surface area contributed by atoms with Crippen LogP contribution in [-0.2, 0) is 14.3 Å².